The van der Waals surface area contributed by atoms with Crippen molar-refractivity contribution in [2.24, 2.45) is 0 Å². The van der Waals surface area contributed by atoms with Gasteiger partial charge in [-0.15, -0.1) is 0 Å². The average molecular weight is 282 g/mol. The molecule has 0 spiro atoms. The molecule has 0 aliphatic rings. The van der Waals surface area contributed by atoms with E-state index in [1.807, 2.05) is 18.2 Å². The van der Waals surface area contributed by atoms with Crippen LogP contribution >= 0.6 is 0 Å². The molecule has 21 heavy (non-hydrogen) atoms. The minimum atomic E-state index is -0.138. The number of carbonyl (C=O) groups is 1. The van der Waals surface area contributed by atoms with Crippen LogP contribution in [0.5, 0.6) is 5.75 Å². The molecule has 1 amide bonds. The summed E-state index contributed by atoms with van der Waals surface area (Å²) in [5.41, 5.74) is 7.93. The predicted octanol–water partition coefficient (Wildman–Crippen LogP) is 2.65. The molecule has 0 atom stereocenters. The van der Waals surface area contributed by atoms with Crippen molar-refractivity contribution in [3.63, 3.8) is 0 Å². The molecule has 3 N–H and O–H groups in total. The molecule has 0 aliphatic carbocycles. The number of anilines is 1. The van der Waals surface area contributed by atoms with Crippen LogP contribution in [0.3, 0.4) is 0 Å². The fourth-order valence-corrected chi connectivity index (χ4v) is 1.94. The lowest BCUT2D eigenvalue weighted by Crippen LogP contribution is -2.24. The number of nitrogen functional groups attached to an aromatic ring is 1. The Labute approximate surface area is 124 Å². The highest BCUT2D eigenvalue weighted by molar-refractivity contribution is 5.91. The maximum atomic E-state index is 12.0. The lowest BCUT2D eigenvalue weighted by molar-refractivity contribution is -0.125. The van der Waals surface area contributed by atoms with Gasteiger partial charge in [0.05, 0.1) is 0 Å². The number of phenols is 1. The van der Waals surface area contributed by atoms with Crippen LogP contribution in [0.15, 0.2) is 54.6 Å². The van der Waals surface area contributed by atoms with Gasteiger partial charge in [0.25, 0.3) is 0 Å². The first-order valence-electron chi connectivity index (χ1n) is 6.62. The molecule has 2 aromatic carbocycles. The number of hydrogen-bond donors (Lipinski definition) is 2. The van der Waals surface area contributed by atoms with Gasteiger partial charge in [-0.1, -0.05) is 30.3 Å². The van der Waals surface area contributed by atoms with Crippen LogP contribution in [0.1, 0.15) is 11.1 Å². The molecular weight excluding hydrogens is 264 g/mol. The van der Waals surface area contributed by atoms with Crippen molar-refractivity contribution in [2.45, 2.75) is 6.54 Å². The van der Waals surface area contributed by atoms with Gasteiger partial charge in [-0.05, 0) is 29.8 Å². The van der Waals surface area contributed by atoms with E-state index in [4.69, 9.17) is 5.73 Å². The first kappa shape index (κ1) is 14.7. The van der Waals surface area contributed by atoms with Crippen LogP contribution in [0.4, 0.5) is 5.69 Å². The second-order valence-corrected chi connectivity index (χ2v) is 4.83. The Morgan fingerprint density at radius 2 is 2.00 bits per heavy atom. The van der Waals surface area contributed by atoms with E-state index in [-0.39, 0.29) is 11.7 Å². The Hall–Kier alpha value is -2.75. The molecule has 0 saturated heterocycles. The Balaban J connectivity index is 2.01. The van der Waals surface area contributed by atoms with Crippen LogP contribution in [0.2, 0.25) is 0 Å². The molecule has 0 bridgehead atoms. The number of nitrogens with two attached hydrogens (primary N) is 1. The summed E-state index contributed by atoms with van der Waals surface area (Å²) >= 11 is 0. The number of aromatic hydroxyl groups is 1. The van der Waals surface area contributed by atoms with Crippen molar-refractivity contribution >= 4 is 17.7 Å². The molecule has 4 heteroatoms. The zero-order chi connectivity index (χ0) is 15.2. The van der Waals surface area contributed by atoms with Gasteiger partial charge in [-0.3, -0.25) is 4.79 Å². The lowest BCUT2D eigenvalue weighted by Gasteiger charge is -2.15. The summed E-state index contributed by atoms with van der Waals surface area (Å²) in [6.45, 7) is 0.354. The quantitative estimate of drug-likeness (QED) is 0.669. The number of phenolic OH excluding ortho intramolecular Hbond substituents is 1. The van der Waals surface area contributed by atoms with E-state index >= 15 is 0 Å². The van der Waals surface area contributed by atoms with Crippen LogP contribution in [-0.4, -0.2) is 23.0 Å². The van der Waals surface area contributed by atoms with Crippen molar-refractivity contribution in [3.8, 4) is 5.75 Å². The van der Waals surface area contributed by atoms with Crippen LogP contribution < -0.4 is 5.73 Å². The largest absolute Gasteiger partial charge is 0.508 e. The van der Waals surface area contributed by atoms with Crippen LogP contribution in [-0.2, 0) is 11.3 Å². The minimum Gasteiger partial charge on any atom is -0.508 e. The Bertz CT molecular complexity index is 665. The second-order valence-electron chi connectivity index (χ2n) is 4.83. The summed E-state index contributed by atoms with van der Waals surface area (Å²) in [6.07, 6.45) is 3.22. The van der Waals surface area contributed by atoms with E-state index in [2.05, 4.69) is 0 Å². The Kier molecular flexibility index (Phi) is 4.61. The second kappa shape index (κ2) is 6.61. The number of benzene rings is 2. The summed E-state index contributed by atoms with van der Waals surface area (Å²) in [6, 6.07) is 14.3. The number of rotatable bonds is 4. The zero-order valence-electron chi connectivity index (χ0n) is 11.9. The maximum Gasteiger partial charge on any atom is 0.246 e. The molecule has 108 valence electrons. The molecule has 0 radical (unpaired) electrons. The van der Waals surface area contributed by atoms with Gasteiger partial charge in [0, 0.05) is 30.9 Å². The van der Waals surface area contributed by atoms with Gasteiger partial charge in [-0.2, -0.15) is 0 Å². The third-order valence-electron chi connectivity index (χ3n) is 3.10. The van der Waals surface area contributed by atoms with E-state index in [0.29, 0.717) is 17.8 Å². The molecule has 0 aliphatic heterocycles. The number of nitrogens with zero attached hydrogens (tertiary/aromatic N) is 1. The highest BCUT2D eigenvalue weighted by Gasteiger charge is 2.08. The number of carbonyl (C=O) groups excluding carboxylic acids is 1. The summed E-state index contributed by atoms with van der Waals surface area (Å²) in [5.74, 6) is 0.0534. The highest BCUT2D eigenvalue weighted by Crippen LogP contribution is 2.17. The van der Waals surface area contributed by atoms with Crippen LogP contribution in [0, 0.1) is 0 Å². The van der Waals surface area contributed by atoms with Crippen molar-refractivity contribution < 1.29 is 9.90 Å². The predicted molar refractivity (Wildman–Crippen MR) is 84.5 cm³/mol. The number of likely N-dealkylation sites (N-methyl/N-ethyl adjacent to an activating group) is 1. The number of amides is 1. The molecule has 2 rings (SSSR count). The Morgan fingerprint density at radius 1 is 1.24 bits per heavy atom. The highest BCUT2D eigenvalue weighted by atomic mass is 16.3. The first-order chi connectivity index (χ1) is 10.1. The van der Waals surface area contributed by atoms with Gasteiger partial charge in [-0.25, -0.2) is 0 Å². The average Bonchev–Trinajstić information content (AvgIpc) is 2.47. The monoisotopic (exact) mass is 282 g/mol. The zero-order valence-corrected chi connectivity index (χ0v) is 11.9. The lowest BCUT2D eigenvalue weighted by atomic mass is 10.1. The summed E-state index contributed by atoms with van der Waals surface area (Å²) in [5, 5.41) is 9.71. The Morgan fingerprint density at radius 3 is 2.71 bits per heavy atom. The van der Waals surface area contributed by atoms with Gasteiger partial charge in [0.2, 0.25) is 5.91 Å². The third-order valence-corrected chi connectivity index (χ3v) is 3.10. The molecular formula is C17H18N2O2. The van der Waals surface area contributed by atoms with E-state index in [9.17, 15) is 9.90 Å². The molecule has 2 aromatic rings. The fourth-order valence-electron chi connectivity index (χ4n) is 1.94. The summed E-state index contributed by atoms with van der Waals surface area (Å²) in [4.78, 5) is 13.6. The van der Waals surface area contributed by atoms with Gasteiger partial charge in [0.15, 0.2) is 0 Å². The maximum absolute atomic E-state index is 12.0. The van der Waals surface area contributed by atoms with E-state index in [1.54, 1.807) is 43.5 Å². The SMILES string of the molecule is CN(Cc1ccccc1O)C(=O)/C=C/c1cccc(N)c1. The summed E-state index contributed by atoms with van der Waals surface area (Å²) < 4.78 is 0. The number of hydrogen-bond acceptors (Lipinski definition) is 3. The van der Waals surface area contributed by atoms with E-state index in [1.165, 1.54) is 11.0 Å². The molecule has 0 heterocycles. The fraction of sp³-hybridized carbons (Fsp3) is 0.118. The van der Waals surface area contributed by atoms with Crippen molar-refractivity contribution in [2.75, 3.05) is 12.8 Å². The molecule has 0 saturated carbocycles. The van der Waals surface area contributed by atoms with Crippen LogP contribution in [0.25, 0.3) is 6.08 Å². The summed E-state index contributed by atoms with van der Waals surface area (Å²) in [7, 11) is 1.69. The van der Waals surface area contributed by atoms with Gasteiger partial charge < -0.3 is 15.7 Å². The van der Waals surface area contributed by atoms with E-state index in [0.717, 1.165) is 5.56 Å². The van der Waals surface area contributed by atoms with Gasteiger partial charge in [0.1, 0.15) is 5.75 Å². The van der Waals surface area contributed by atoms with Crippen molar-refractivity contribution in [1.29, 1.82) is 0 Å². The van der Waals surface area contributed by atoms with Crippen molar-refractivity contribution in [1.82, 2.24) is 4.90 Å². The van der Waals surface area contributed by atoms with Crippen molar-refractivity contribution in [3.05, 3.63) is 65.7 Å². The molecule has 0 aromatic heterocycles. The van der Waals surface area contributed by atoms with Gasteiger partial charge >= 0.3 is 0 Å². The number of para-hydroxylation sites is 1. The molecule has 0 fully saturated rings. The smallest absolute Gasteiger partial charge is 0.246 e. The topological polar surface area (TPSA) is 66.6 Å². The normalized spacial score (nSPS) is 10.7. The standard InChI is InChI=1S/C17H18N2O2/c1-19(12-14-6-2-3-8-16(14)20)17(21)10-9-13-5-4-7-15(18)11-13/h2-11,20H,12,18H2,1H3/b10-9+. The molecule has 4 nitrogen and oxygen atoms in total. The minimum absolute atomic E-state index is 0.138. The van der Waals surface area contributed by atoms with E-state index < -0.39 is 0 Å². The third kappa shape index (κ3) is 4.11. The first-order valence-corrected chi connectivity index (χ1v) is 6.62. The molecule has 0 unspecified atom stereocenters.